The van der Waals surface area contributed by atoms with Crippen LogP contribution in [0, 0.1) is 0 Å². The molecule has 0 fully saturated rings. The Morgan fingerprint density at radius 2 is 1.56 bits per heavy atom. The fourth-order valence-electron chi connectivity index (χ4n) is 2.42. The molecule has 6 nitrogen and oxygen atoms in total. The molecule has 27 heavy (non-hydrogen) atoms. The summed E-state index contributed by atoms with van der Waals surface area (Å²) in [5, 5.41) is 2.86. The first-order chi connectivity index (χ1) is 13.2. The van der Waals surface area contributed by atoms with Gasteiger partial charge >= 0.3 is 6.01 Å². The normalized spacial score (nSPS) is 10.3. The maximum absolute atomic E-state index is 11.9. The molecule has 0 aliphatic heterocycles. The first-order valence-corrected chi connectivity index (χ1v) is 8.72. The number of rotatable bonds is 7. The molecule has 1 aromatic heterocycles. The van der Waals surface area contributed by atoms with Crippen molar-refractivity contribution in [3.63, 3.8) is 0 Å². The maximum atomic E-state index is 11.9. The van der Waals surface area contributed by atoms with Crippen LogP contribution in [0.4, 0.5) is 0 Å². The highest BCUT2D eigenvalue weighted by Gasteiger charge is 2.07. The first kappa shape index (κ1) is 18.4. The Morgan fingerprint density at radius 1 is 0.926 bits per heavy atom. The van der Waals surface area contributed by atoms with Crippen LogP contribution in [0.25, 0.3) is 11.1 Å². The third-order valence-corrected chi connectivity index (χ3v) is 3.91. The molecule has 0 atom stereocenters. The van der Waals surface area contributed by atoms with E-state index < -0.39 is 0 Å². The minimum Gasteiger partial charge on any atom is -0.497 e. The number of aromatic nitrogens is 2. The number of carbonyl (C=O) groups is 1. The lowest BCUT2D eigenvalue weighted by Crippen LogP contribution is -2.23. The molecule has 3 rings (SSSR count). The Labute approximate surface area is 158 Å². The summed E-state index contributed by atoms with van der Waals surface area (Å²) in [5.41, 5.74) is 2.41. The number of carbonyl (C=O) groups excluding carboxylic acids is 1. The van der Waals surface area contributed by atoms with Gasteiger partial charge in [0.2, 0.25) is 0 Å². The third kappa shape index (κ3) is 4.82. The molecule has 0 aliphatic rings. The lowest BCUT2D eigenvalue weighted by atomic mass is 10.1. The van der Waals surface area contributed by atoms with Crippen LogP contribution >= 0.6 is 0 Å². The van der Waals surface area contributed by atoms with Crippen molar-refractivity contribution in [3.05, 3.63) is 66.5 Å². The average molecular weight is 363 g/mol. The van der Waals surface area contributed by atoms with Crippen LogP contribution in [-0.4, -0.2) is 29.5 Å². The van der Waals surface area contributed by atoms with Gasteiger partial charge in [0.25, 0.3) is 5.91 Å². The van der Waals surface area contributed by atoms with Crippen LogP contribution in [0.15, 0.2) is 60.9 Å². The van der Waals surface area contributed by atoms with Gasteiger partial charge in [-0.1, -0.05) is 19.1 Å². The summed E-state index contributed by atoms with van der Waals surface area (Å²) < 4.78 is 10.7. The van der Waals surface area contributed by atoms with E-state index in [9.17, 15) is 4.79 Å². The molecule has 2 aromatic carbocycles. The first-order valence-electron chi connectivity index (χ1n) is 8.72. The second-order valence-electron chi connectivity index (χ2n) is 5.87. The number of hydrogen-bond acceptors (Lipinski definition) is 5. The molecule has 1 N–H and O–H groups in total. The van der Waals surface area contributed by atoms with E-state index in [0.717, 1.165) is 23.3 Å². The number of benzene rings is 2. The number of ether oxygens (including phenoxy) is 2. The summed E-state index contributed by atoms with van der Waals surface area (Å²) in [5.74, 6) is 1.32. The molecule has 0 saturated carbocycles. The van der Waals surface area contributed by atoms with Gasteiger partial charge < -0.3 is 14.8 Å². The van der Waals surface area contributed by atoms with Crippen LogP contribution in [0.5, 0.6) is 17.5 Å². The van der Waals surface area contributed by atoms with E-state index in [1.165, 1.54) is 0 Å². The highest BCUT2D eigenvalue weighted by molar-refractivity contribution is 5.94. The highest BCUT2D eigenvalue weighted by Crippen LogP contribution is 2.23. The van der Waals surface area contributed by atoms with Crippen molar-refractivity contribution in [1.29, 1.82) is 0 Å². The zero-order valence-corrected chi connectivity index (χ0v) is 15.3. The molecule has 0 saturated heterocycles. The molecule has 3 aromatic rings. The molecule has 0 unspecified atom stereocenters. The van der Waals surface area contributed by atoms with Gasteiger partial charge in [0.05, 0.1) is 7.11 Å². The zero-order chi connectivity index (χ0) is 19.1. The molecule has 0 aliphatic carbocycles. The maximum Gasteiger partial charge on any atom is 0.321 e. The predicted molar refractivity (Wildman–Crippen MR) is 103 cm³/mol. The third-order valence-electron chi connectivity index (χ3n) is 3.91. The summed E-state index contributed by atoms with van der Waals surface area (Å²) in [6.45, 7) is 2.69. The Bertz CT molecular complexity index is 876. The van der Waals surface area contributed by atoms with Crippen molar-refractivity contribution < 1.29 is 14.3 Å². The van der Waals surface area contributed by atoms with E-state index in [0.29, 0.717) is 17.9 Å². The molecular weight excluding hydrogens is 342 g/mol. The average Bonchev–Trinajstić information content (AvgIpc) is 2.73. The van der Waals surface area contributed by atoms with Crippen molar-refractivity contribution in [3.8, 4) is 28.6 Å². The van der Waals surface area contributed by atoms with E-state index in [4.69, 9.17) is 9.47 Å². The highest BCUT2D eigenvalue weighted by atomic mass is 16.5. The Kier molecular flexibility index (Phi) is 5.99. The van der Waals surface area contributed by atoms with Crippen LogP contribution in [-0.2, 0) is 0 Å². The van der Waals surface area contributed by atoms with E-state index in [-0.39, 0.29) is 11.9 Å². The lowest BCUT2D eigenvalue weighted by Gasteiger charge is -2.07. The van der Waals surface area contributed by atoms with Crippen molar-refractivity contribution in [1.82, 2.24) is 15.3 Å². The largest absolute Gasteiger partial charge is 0.497 e. The van der Waals surface area contributed by atoms with Gasteiger partial charge in [-0.3, -0.25) is 4.79 Å². The molecule has 1 heterocycles. The predicted octanol–water partition coefficient (Wildman–Crippen LogP) is 4.08. The van der Waals surface area contributed by atoms with Crippen LogP contribution in [0.2, 0.25) is 0 Å². The van der Waals surface area contributed by atoms with Gasteiger partial charge in [0.1, 0.15) is 11.5 Å². The number of nitrogens with zero attached hydrogens (tertiary/aromatic N) is 2. The van der Waals surface area contributed by atoms with Gasteiger partial charge in [-0.2, -0.15) is 0 Å². The van der Waals surface area contributed by atoms with Crippen LogP contribution in [0.3, 0.4) is 0 Å². The van der Waals surface area contributed by atoms with E-state index in [1.54, 1.807) is 43.8 Å². The Hall–Kier alpha value is -3.41. The molecule has 1 amide bonds. The van der Waals surface area contributed by atoms with Crippen molar-refractivity contribution in [2.75, 3.05) is 13.7 Å². The summed E-state index contributed by atoms with van der Waals surface area (Å²) in [6.07, 6.45) is 4.29. The molecule has 0 radical (unpaired) electrons. The summed E-state index contributed by atoms with van der Waals surface area (Å²) in [7, 11) is 1.61. The minimum atomic E-state index is -0.0668. The van der Waals surface area contributed by atoms with Crippen LogP contribution < -0.4 is 14.8 Å². The quantitative estimate of drug-likeness (QED) is 0.684. The van der Waals surface area contributed by atoms with Crippen LogP contribution in [0.1, 0.15) is 23.7 Å². The summed E-state index contributed by atoms with van der Waals surface area (Å²) in [4.78, 5) is 20.4. The fourth-order valence-corrected chi connectivity index (χ4v) is 2.42. The van der Waals surface area contributed by atoms with Gasteiger partial charge in [-0.15, -0.1) is 0 Å². The number of hydrogen-bond donors (Lipinski definition) is 1. The second-order valence-corrected chi connectivity index (χ2v) is 5.87. The second kappa shape index (κ2) is 8.80. The molecule has 138 valence electrons. The topological polar surface area (TPSA) is 73.3 Å². The molecular formula is C21H21N3O3. The number of amides is 1. The minimum absolute atomic E-state index is 0.0668. The molecule has 0 bridgehead atoms. The van der Waals surface area contributed by atoms with E-state index in [1.807, 2.05) is 31.2 Å². The zero-order valence-electron chi connectivity index (χ0n) is 15.3. The van der Waals surface area contributed by atoms with Gasteiger partial charge in [-0.25, -0.2) is 9.97 Å². The van der Waals surface area contributed by atoms with E-state index in [2.05, 4.69) is 15.3 Å². The number of nitrogens with one attached hydrogen (secondary N) is 1. The standard InChI is InChI=1S/C21H21N3O3/c1-3-12-22-20(25)16-6-4-15(5-7-16)17-13-23-21(24-14-17)27-19-10-8-18(26-2)9-11-19/h4-11,13-14H,3,12H2,1-2H3,(H,22,25). The lowest BCUT2D eigenvalue weighted by molar-refractivity contribution is 0.0953. The van der Waals surface area contributed by atoms with Crippen molar-refractivity contribution in [2.24, 2.45) is 0 Å². The Balaban J connectivity index is 1.66. The fraction of sp³-hybridized carbons (Fsp3) is 0.190. The summed E-state index contributed by atoms with van der Waals surface area (Å²) in [6, 6.07) is 14.8. The van der Waals surface area contributed by atoms with Crippen molar-refractivity contribution >= 4 is 5.91 Å². The number of methoxy groups -OCH3 is 1. The van der Waals surface area contributed by atoms with Gasteiger partial charge in [0, 0.05) is 30.1 Å². The van der Waals surface area contributed by atoms with Crippen molar-refractivity contribution in [2.45, 2.75) is 13.3 Å². The summed E-state index contributed by atoms with van der Waals surface area (Å²) >= 11 is 0. The Morgan fingerprint density at radius 3 is 2.15 bits per heavy atom. The van der Waals surface area contributed by atoms with Gasteiger partial charge in [-0.05, 0) is 48.4 Å². The van der Waals surface area contributed by atoms with E-state index >= 15 is 0 Å². The smallest absolute Gasteiger partial charge is 0.321 e. The monoisotopic (exact) mass is 363 g/mol. The molecule has 0 spiro atoms. The SMILES string of the molecule is CCCNC(=O)c1ccc(-c2cnc(Oc3ccc(OC)cc3)nc2)cc1. The van der Waals surface area contributed by atoms with Gasteiger partial charge in [0.15, 0.2) is 0 Å². The molecule has 6 heteroatoms.